The zero-order valence-electron chi connectivity index (χ0n) is 14.1. The van der Waals surface area contributed by atoms with Gasteiger partial charge in [0, 0.05) is 7.11 Å². The fourth-order valence-electron chi connectivity index (χ4n) is 1.86. The molecule has 0 aliphatic rings. The number of imidazole rings is 1. The number of carbonyl (C=O) groups is 1. The summed E-state index contributed by atoms with van der Waals surface area (Å²) in [7, 11) is 1.68. The lowest BCUT2D eigenvalue weighted by Gasteiger charge is -2.26. The van der Waals surface area contributed by atoms with Crippen molar-refractivity contribution in [3.8, 4) is 0 Å². The summed E-state index contributed by atoms with van der Waals surface area (Å²) in [6, 6.07) is -0.199. The lowest BCUT2D eigenvalue weighted by molar-refractivity contribution is 0.00728. The van der Waals surface area contributed by atoms with Gasteiger partial charge < -0.3 is 19.4 Å². The predicted octanol–water partition coefficient (Wildman–Crippen LogP) is 2.89. The average molecular weight is 297 g/mol. The van der Waals surface area contributed by atoms with Gasteiger partial charge in [0.05, 0.1) is 36.4 Å². The number of hydrogen-bond donors (Lipinski definition) is 1. The molecule has 0 bridgehead atoms. The van der Waals surface area contributed by atoms with Crippen molar-refractivity contribution in [2.75, 3.05) is 7.11 Å². The van der Waals surface area contributed by atoms with E-state index in [1.165, 1.54) is 0 Å². The SMILES string of the molecule is COC(C)(C)Cn1cncc1[C@H](C)NC(=O)OC(C)(C)C. The summed E-state index contributed by atoms with van der Waals surface area (Å²) in [6.45, 7) is 12.1. The average Bonchev–Trinajstić information content (AvgIpc) is 2.73. The van der Waals surface area contributed by atoms with E-state index in [1.54, 1.807) is 19.6 Å². The van der Waals surface area contributed by atoms with Gasteiger partial charge in [0.15, 0.2) is 0 Å². The number of rotatable bonds is 5. The first-order chi connectivity index (χ1) is 9.54. The first-order valence-electron chi connectivity index (χ1n) is 7.09. The highest BCUT2D eigenvalue weighted by Crippen LogP contribution is 2.18. The second-order valence-electron chi connectivity index (χ2n) is 6.78. The van der Waals surface area contributed by atoms with Crippen LogP contribution in [0.15, 0.2) is 12.5 Å². The van der Waals surface area contributed by atoms with Gasteiger partial charge in [-0.3, -0.25) is 0 Å². The van der Waals surface area contributed by atoms with E-state index in [0.29, 0.717) is 6.54 Å². The van der Waals surface area contributed by atoms with E-state index >= 15 is 0 Å². The maximum absolute atomic E-state index is 11.8. The Hall–Kier alpha value is -1.56. The molecule has 1 N–H and O–H groups in total. The zero-order chi connectivity index (χ0) is 16.3. The maximum atomic E-state index is 11.8. The summed E-state index contributed by atoms with van der Waals surface area (Å²) in [5.41, 5.74) is 0.0920. The Labute approximate surface area is 126 Å². The van der Waals surface area contributed by atoms with Crippen LogP contribution in [0.4, 0.5) is 4.79 Å². The number of nitrogens with zero attached hydrogens (tertiary/aromatic N) is 2. The molecule has 6 heteroatoms. The van der Waals surface area contributed by atoms with Gasteiger partial charge in [0.2, 0.25) is 0 Å². The van der Waals surface area contributed by atoms with E-state index in [4.69, 9.17) is 9.47 Å². The lowest BCUT2D eigenvalue weighted by atomic mass is 10.1. The molecule has 0 fully saturated rings. The molecule has 0 unspecified atom stereocenters. The monoisotopic (exact) mass is 297 g/mol. The van der Waals surface area contributed by atoms with Crippen LogP contribution in [0.5, 0.6) is 0 Å². The number of hydrogen-bond acceptors (Lipinski definition) is 4. The normalized spacial score (nSPS) is 13.9. The summed E-state index contributed by atoms with van der Waals surface area (Å²) in [4.78, 5) is 16.0. The van der Waals surface area contributed by atoms with E-state index in [-0.39, 0.29) is 11.6 Å². The number of alkyl carbamates (subject to hydrolysis) is 1. The third kappa shape index (κ3) is 5.75. The largest absolute Gasteiger partial charge is 0.444 e. The van der Waals surface area contributed by atoms with E-state index in [9.17, 15) is 4.79 Å². The Balaban J connectivity index is 2.74. The Kier molecular flexibility index (Phi) is 5.39. The van der Waals surface area contributed by atoms with Crippen LogP contribution in [0.25, 0.3) is 0 Å². The van der Waals surface area contributed by atoms with E-state index in [0.717, 1.165) is 5.69 Å². The smallest absolute Gasteiger partial charge is 0.408 e. The lowest BCUT2D eigenvalue weighted by Crippen LogP contribution is -2.35. The van der Waals surface area contributed by atoms with Crippen LogP contribution in [0.2, 0.25) is 0 Å². The molecule has 120 valence electrons. The van der Waals surface area contributed by atoms with Crippen molar-refractivity contribution in [3.05, 3.63) is 18.2 Å². The Bertz CT molecular complexity index is 475. The summed E-state index contributed by atoms with van der Waals surface area (Å²) in [5.74, 6) is 0. The highest BCUT2D eigenvalue weighted by atomic mass is 16.6. The second kappa shape index (κ2) is 6.47. The second-order valence-corrected chi connectivity index (χ2v) is 6.78. The molecule has 0 saturated carbocycles. The summed E-state index contributed by atoms with van der Waals surface area (Å²) in [6.07, 6.45) is 3.05. The molecule has 6 nitrogen and oxygen atoms in total. The summed E-state index contributed by atoms with van der Waals surface area (Å²) < 4.78 is 12.7. The molecule has 1 heterocycles. The fraction of sp³-hybridized carbons (Fsp3) is 0.733. The van der Waals surface area contributed by atoms with Crippen LogP contribution in [-0.4, -0.2) is 34.0 Å². The van der Waals surface area contributed by atoms with Gasteiger partial charge >= 0.3 is 6.09 Å². The minimum absolute atomic E-state index is 0.199. The van der Waals surface area contributed by atoms with Crippen molar-refractivity contribution in [2.45, 2.75) is 65.3 Å². The van der Waals surface area contributed by atoms with Crippen molar-refractivity contribution >= 4 is 6.09 Å². The Morgan fingerprint density at radius 3 is 2.52 bits per heavy atom. The van der Waals surface area contributed by atoms with Crippen LogP contribution >= 0.6 is 0 Å². The van der Waals surface area contributed by atoms with E-state index in [1.807, 2.05) is 46.1 Å². The Morgan fingerprint density at radius 1 is 1.38 bits per heavy atom. The number of amides is 1. The molecule has 0 aliphatic carbocycles. The highest BCUT2D eigenvalue weighted by Gasteiger charge is 2.23. The maximum Gasteiger partial charge on any atom is 0.408 e. The Morgan fingerprint density at radius 2 is 2.00 bits per heavy atom. The van der Waals surface area contributed by atoms with Crippen LogP contribution in [-0.2, 0) is 16.0 Å². The molecule has 0 aliphatic heterocycles. The van der Waals surface area contributed by atoms with Gasteiger partial charge in [-0.25, -0.2) is 9.78 Å². The molecule has 1 aromatic rings. The molecule has 21 heavy (non-hydrogen) atoms. The predicted molar refractivity (Wildman–Crippen MR) is 81.1 cm³/mol. The molecule has 1 aromatic heterocycles. The van der Waals surface area contributed by atoms with E-state index in [2.05, 4.69) is 10.3 Å². The number of nitrogens with one attached hydrogen (secondary N) is 1. The zero-order valence-corrected chi connectivity index (χ0v) is 14.1. The van der Waals surface area contributed by atoms with Crippen molar-refractivity contribution in [2.24, 2.45) is 0 Å². The quantitative estimate of drug-likeness (QED) is 0.907. The molecule has 1 atom stereocenters. The van der Waals surface area contributed by atoms with Gasteiger partial charge in [0.1, 0.15) is 5.60 Å². The molecule has 1 rings (SSSR count). The minimum Gasteiger partial charge on any atom is -0.444 e. The van der Waals surface area contributed by atoms with Crippen molar-refractivity contribution < 1.29 is 14.3 Å². The molecular formula is C15H27N3O3. The number of ether oxygens (including phenoxy) is 2. The van der Waals surface area contributed by atoms with Crippen LogP contribution in [0.1, 0.15) is 53.3 Å². The van der Waals surface area contributed by atoms with Gasteiger partial charge in [-0.1, -0.05) is 0 Å². The molecule has 0 spiro atoms. The third-order valence-electron chi connectivity index (χ3n) is 3.03. The minimum atomic E-state index is -0.512. The van der Waals surface area contributed by atoms with Crippen molar-refractivity contribution in [1.29, 1.82) is 0 Å². The molecule has 1 amide bonds. The molecular weight excluding hydrogens is 270 g/mol. The van der Waals surface area contributed by atoms with Gasteiger partial charge in [-0.2, -0.15) is 0 Å². The number of carbonyl (C=O) groups excluding carboxylic acids is 1. The van der Waals surface area contributed by atoms with Crippen molar-refractivity contribution in [3.63, 3.8) is 0 Å². The highest BCUT2D eigenvalue weighted by molar-refractivity contribution is 5.68. The van der Waals surface area contributed by atoms with Gasteiger partial charge in [-0.05, 0) is 41.5 Å². The third-order valence-corrected chi connectivity index (χ3v) is 3.03. The molecule has 0 radical (unpaired) electrons. The summed E-state index contributed by atoms with van der Waals surface area (Å²) in [5, 5.41) is 2.82. The summed E-state index contributed by atoms with van der Waals surface area (Å²) >= 11 is 0. The first-order valence-corrected chi connectivity index (χ1v) is 7.09. The van der Waals surface area contributed by atoms with Crippen LogP contribution in [0, 0.1) is 0 Å². The number of methoxy groups -OCH3 is 1. The first kappa shape index (κ1) is 17.5. The molecule has 0 saturated heterocycles. The standard InChI is InChI=1S/C15H27N3O3/c1-11(17-13(19)21-14(2,3)4)12-8-16-10-18(12)9-15(5,6)20-7/h8,10-11H,9H2,1-7H3,(H,17,19)/t11-/m0/s1. The molecule has 0 aromatic carbocycles. The van der Waals surface area contributed by atoms with Crippen molar-refractivity contribution in [1.82, 2.24) is 14.9 Å². The van der Waals surface area contributed by atoms with Crippen LogP contribution in [0.3, 0.4) is 0 Å². The topological polar surface area (TPSA) is 65.4 Å². The van der Waals surface area contributed by atoms with Gasteiger partial charge in [-0.15, -0.1) is 0 Å². The number of aromatic nitrogens is 2. The van der Waals surface area contributed by atoms with Gasteiger partial charge in [0.25, 0.3) is 0 Å². The fourth-order valence-corrected chi connectivity index (χ4v) is 1.86. The van der Waals surface area contributed by atoms with E-state index < -0.39 is 11.7 Å². The van der Waals surface area contributed by atoms with Crippen LogP contribution < -0.4 is 5.32 Å².